The van der Waals surface area contributed by atoms with E-state index in [1.54, 1.807) is 0 Å². The van der Waals surface area contributed by atoms with Gasteiger partial charge in [-0.05, 0) is 22.6 Å². The van der Waals surface area contributed by atoms with Crippen LogP contribution in [0.25, 0.3) is 0 Å². The molecule has 0 amide bonds. The van der Waals surface area contributed by atoms with Crippen LogP contribution in [0.4, 0.5) is 0 Å². The zero-order valence-electron chi connectivity index (χ0n) is 22.6. The molecule has 0 saturated carbocycles. The van der Waals surface area contributed by atoms with E-state index in [9.17, 15) is 0 Å². The normalized spacial score (nSPS) is 13.5. The highest BCUT2D eigenvalue weighted by atomic mass is 31.2. The molecular weight excluding hydrogens is 495 g/mol. The fraction of sp³-hybridized carbons (Fsp3) is 0.167. The van der Waals surface area contributed by atoms with Gasteiger partial charge in [0.2, 0.25) is 0 Å². The maximum Gasteiger partial charge on any atom is 0.146 e. The van der Waals surface area contributed by atoms with E-state index in [1.165, 1.54) is 0 Å². The van der Waals surface area contributed by atoms with E-state index >= 15 is 4.57 Å². The smallest absolute Gasteiger partial charge is 0.146 e. The Morgan fingerprint density at radius 1 is 0.538 bits per heavy atom. The summed E-state index contributed by atoms with van der Waals surface area (Å²) >= 11 is 0. The van der Waals surface area contributed by atoms with Crippen molar-refractivity contribution in [3.63, 3.8) is 0 Å². The lowest BCUT2D eigenvalue weighted by atomic mass is 9.80. The van der Waals surface area contributed by atoms with Crippen LogP contribution in [0.1, 0.15) is 30.5 Å². The molecule has 0 fully saturated rings. The highest BCUT2D eigenvalue weighted by Crippen LogP contribution is 2.52. The monoisotopic (exact) mass is 530 g/mol. The van der Waals surface area contributed by atoms with Gasteiger partial charge in [-0.1, -0.05) is 166 Å². The number of ether oxygens (including phenoxy) is 1. The Bertz CT molecular complexity index is 1350. The van der Waals surface area contributed by atoms with Gasteiger partial charge in [0.25, 0.3) is 0 Å². The van der Waals surface area contributed by atoms with Crippen LogP contribution in [-0.2, 0) is 14.9 Å². The molecule has 0 spiro atoms. The van der Waals surface area contributed by atoms with E-state index in [1.807, 2.05) is 78.9 Å². The van der Waals surface area contributed by atoms with Crippen molar-refractivity contribution in [3.05, 3.63) is 168 Å². The molecule has 0 aliphatic rings. The second-order valence-electron chi connectivity index (χ2n) is 10.1. The van der Waals surface area contributed by atoms with Gasteiger partial charge in [0.05, 0.1) is 6.61 Å². The molecule has 5 rings (SSSR count). The zero-order valence-corrected chi connectivity index (χ0v) is 23.5. The summed E-state index contributed by atoms with van der Waals surface area (Å²) in [5, 5.41) is 1.77. The van der Waals surface area contributed by atoms with Crippen LogP contribution in [-0.4, -0.2) is 12.3 Å². The molecule has 5 aromatic carbocycles. The van der Waals surface area contributed by atoms with Crippen molar-refractivity contribution >= 4 is 17.8 Å². The Morgan fingerprint density at radius 2 is 0.846 bits per heavy atom. The van der Waals surface area contributed by atoms with Gasteiger partial charge in [-0.25, -0.2) is 0 Å². The molecule has 0 radical (unpaired) electrons. The third kappa shape index (κ3) is 5.28. The molecule has 0 N–H and O–H groups in total. The van der Waals surface area contributed by atoms with Gasteiger partial charge in [-0.2, -0.15) is 0 Å². The summed E-state index contributed by atoms with van der Waals surface area (Å²) in [6, 6.07) is 51.1. The van der Waals surface area contributed by atoms with Crippen molar-refractivity contribution < 1.29 is 9.30 Å². The van der Waals surface area contributed by atoms with Crippen molar-refractivity contribution in [1.82, 2.24) is 0 Å². The van der Waals surface area contributed by atoms with E-state index in [0.717, 1.165) is 27.3 Å². The molecule has 0 unspecified atom stereocenters. The SMILES string of the molecule is C[C@H]([C@@H](C)COC(c1ccccc1)(c1ccccc1)c1ccccc1)P(=O)(c1ccccc1)c1ccccc1. The van der Waals surface area contributed by atoms with Gasteiger partial charge >= 0.3 is 0 Å². The molecule has 2 nitrogen and oxygen atoms in total. The minimum absolute atomic E-state index is 0.00626. The van der Waals surface area contributed by atoms with E-state index in [-0.39, 0.29) is 11.6 Å². The predicted molar refractivity (Wildman–Crippen MR) is 164 cm³/mol. The number of benzene rings is 5. The van der Waals surface area contributed by atoms with Crippen LogP contribution in [0.2, 0.25) is 0 Å². The summed E-state index contributed by atoms with van der Waals surface area (Å²) in [6.07, 6.45) is 0. The molecule has 0 aliphatic carbocycles. The molecular formula is C36H35O2P. The second kappa shape index (κ2) is 12.0. The molecule has 0 heterocycles. The van der Waals surface area contributed by atoms with Crippen LogP contribution in [0.15, 0.2) is 152 Å². The van der Waals surface area contributed by atoms with Gasteiger partial charge in [0.15, 0.2) is 0 Å². The first-order chi connectivity index (χ1) is 19.1. The van der Waals surface area contributed by atoms with Gasteiger partial charge in [0, 0.05) is 16.3 Å². The van der Waals surface area contributed by atoms with Crippen LogP contribution >= 0.6 is 7.14 Å². The van der Waals surface area contributed by atoms with Crippen LogP contribution in [0.3, 0.4) is 0 Å². The summed E-state index contributed by atoms with van der Waals surface area (Å²) in [7, 11) is -2.95. The summed E-state index contributed by atoms with van der Waals surface area (Å²) in [4.78, 5) is 0. The van der Waals surface area contributed by atoms with Gasteiger partial charge in [-0.3, -0.25) is 0 Å². The molecule has 0 saturated heterocycles. The van der Waals surface area contributed by atoms with Crippen molar-refractivity contribution in [1.29, 1.82) is 0 Å². The first-order valence-corrected chi connectivity index (χ1v) is 15.4. The summed E-state index contributed by atoms with van der Waals surface area (Å²) in [5.74, 6) is 0.00626. The Kier molecular flexibility index (Phi) is 8.27. The van der Waals surface area contributed by atoms with E-state index in [2.05, 4.69) is 86.6 Å². The van der Waals surface area contributed by atoms with Gasteiger partial charge in [-0.15, -0.1) is 0 Å². The standard InChI is InChI=1S/C36H35O2P/c1-29(30(2)39(37,34-24-14-6-15-25-34)35-26-16-7-17-27-35)28-38-36(31-18-8-3-9-19-31,32-20-10-4-11-21-32)33-22-12-5-13-23-33/h3-27,29-30H,28H2,1-2H3/t29-,30+/m0/s1. The maximum absolute atomic E-state index is 15.0. The quantitative estimate of drug-likeness (QED) is 0.135. The molecule has 0 bridgehead atoms. The first kappa shape index (κ1) is 26.9. The van der Waals surface area contributed by atoms with Gasteiger partial charge < -0.3 is 9.30 Å². The van der Waals surface area contributed by atoms with Crippen molar-refractivity contribution in [2.24, 2.45) is 5.92 Å². The van der Waals surface area contributed by atoms with E-state index in [0.29, 0.717) is 6.61 Å². The topological polar surface area (TPSA) is 26.3 Å². The average molecular weight is 531 g/mol. The number of rotatable bonds is 10. The van der Waals surface area contributed by atoms with E-state index in [4.69, 9.17) is 4.74 Å². The minimum Gasteiger partial charge on any atom is -0.361 e. The number of hydrogen-bond donors (Lipinski definition) is 0. The lowest BCUT2D eigenvalue weighted by Gasteiger charge is -2.38. The summed E-state index contributed by atoms with van der Waals surface area (Å²) < 4.78 is 22.2. The number of hydrogen-bond acceptors (Lipinski definition) is 2. The first-order valence-electron chi connectivity index (χ1n) is 13.6. The molecule has 196 valence electrons. The summed E-state index contributed by atoms with van der Waals surface area (Å²) in [6.45, 7) is 4.71. The third-order valence-corrected chi connectivity index (χ3v) is 11.6. The summed E-state index contributed by atoms with van der Waals surface area (Å²) in [5.41, 5.74) is 2.26. The lowest BCUT2D eigenvalue weighted by molar-refractivity contribution is -0.00523. The van der Waals surface area contributed by atoms with Crippen molar-refractivity contribution in [2.75, 3.05) is 6.61 Å². The third-order valence-electron chi connectivity index (χ3n) is 7.78. The average Bonchev–Trinajstić information content (AvgIpc) is 3.03. The maximum atomic E-state index is 15.0. The van der Waals surface area contributed by atoms with E-state index < -0.39 is 12.7 Å². The van der Waals surface area contributed by atoms with Crippen LogP contribution in [0, 0.1) is 5.92 Å². The van der Waals surface area contributed by atoms with Gasteiger partial charge in [0.1, 0.15) is 12.7 Å². The van der Waals surface area contributed by atoms with Crippen LogP contribution in [0.5, 0.6) is 0 Å². The highest BCUT2D eigenvalue weighted by Gasteiger charge is 2.41. The molecule has 39 heavy (non-hydrogen) atoms. The predicted octanol–water partition coefficient (Wildman–Crippen LogP) is 8.03. The molecule has 5 aromatic rings. The molecule has 3 heteroatoms. The largest absolute Gasteiger partial charge is 0.361 e. The fourth-order valence-electron chi connectivity index (χ4n) is 5.44. The Hall–Kier alpha value is -3.71. The fourth-order valence-corrected chi connectivity index (χ4v) is 8.71. The zero-order chi connectivity index (χ0) is 27.1. The van der Waals surface area contributed by atoms with Crippen LogP contribution < -0.4 is 10.6 Å². The Balaban J connectivity index is 1.56. The lowest BCUT2D eigenvalue weighted by Crippen LogP contribution is -2.37. The molecule has 0 aromatic heterocycles. The Morgan fingerprint density at radius 3 is 1.18 bits per heavy atom. The Labute approximate surface area is 232 Å². The minimum atomic E-state index is -2.95. The molecule has 2 atom stereocenters. The second-order valence-corrected chi connectivity index (χ2v) is 13.3. The molecule has 0 aliphatic heterocycles. The highest BCUT2D eigenvalue weighted by molar-refractivity contribution is 7.79. The van der Waals surface area contributed by atoms with Crippen molar-refractivity contribution in [2.45, 2.75) is 25.1 Å². The van der Waals surface area contributed by atoms with Crippen molar-refractivity contribution in [3.8, 4) is 0 Å².